The van der Waals surface area contributed by atoms with Crippen molar-refractivity contribution >= 4 is 28.6 Å². The highest BCUT2D eigenvalue weighted by Crippen LogP contribution is 2.28. The van der Waals surface area contributed by atoms with E-state index in [0.717, 1.165) is 48.1 Å². The summed E-state index contributed by atoms with van der Waals surface area (Å²) in [5.74, 6) is 1.37. The van der Waals surface area contributed by atoms with Crippen molar-refractivity contribution in [3.05, 3.63) is 48.2 Å². The number of carbonyl (C=O) groups excluding carboxylic acids is 1. The summed E-state index contributed by atoms with van der Waals surface area (Å²) < 4.78 is 1.83. The first-order chi connectivity index (χ1) is 13.1. The van der Waals surface area contributed by atoms with E-state index in [1.54, 1.807) is 6.20 Å². The van der Waals surface area contributed by atoms with E-state index >= 15 is 0 Å². The molecule has 1 aliphatic heterocycles. The minimum absolute atomic E-state index is 0.0162. The van der Waals surface area contributed by atoms with Crippen LogP contribution in [0.1, 0.15) is 30.9 Å². The molecule has 140 valence electrons. The summed E-state index contributed by atoms with van der Waals surface area (Å²) in [6.07, 6.45) is 4.73. The molecule has 7 nitrogen and oxygen atoms in total. The number of hydrogen-bond acceptors (Lipinski definition) is 4. The van der Waals surface area contributed by atoms with Gasteiger partial charge in [0, 0.05) is 26.0 Å². The monoisotopic (exact) mass is 364 g/mol. The van der Waals surface area contributed by atoms with Gasteiger partial charge in [-0.25, -0.2) is 9.78 Å². The van der Waals surface area contributed by atoms with Crippen molar-refractivity contribution in [3.63, 3.8) is 0 Å². The van der Waals surface area contributed by atoms with Gasteiger partial charge in [-0.2, -0.15) is 5.10 Å². The molecule has 1 aromatic carbocycles. The van der Waals surface area contributed by atoms with Crippen LogP contribution in [0.3, 0.4) is 0 Å². The van der Waals surface area contributed by atoms with E-state index in [4.69, 9.17) is 0 Å². The first-order valence-electron chi connectivity index (χ1n) is 9.28. The maximum atomic E-state index is 12.6. The number of pyridine rings is 1. The van der Waals surface area contributed by atoms with E-state index in [9.17, 15) is 4.79 Å². The Balaban J connectivity index is 1.68. The second-order valence-corrected chi connectivity index (χ2v) is 7.02. The molecule has 2 amide bonds. The molecular formula is C20H24N6O. The topological polar surface area (TPSA) is 75.1 Å². The summed E-state index contributed by atoms with van der Waals surface area (Å²) in [6.45, 7) is 0.895. The Hall–Kier alpha value is -3.09. The Kier molecular flexibility index (Phi) is 4.66. The van der Waals surface area contributed by atoms with E-state index in [0.29, 0.717) is 5.82 Å². The number of nitrogens with zero attached hydrogens (tertiary/aromatic N) is 4. The number of fused-ring (bicyclic) bond motifs is 4. The summed E-state index contributed by atoms with van der Waals surface area (Å²) in [5, 5.41) is 11.3. The molecular weight excluding hydrogens is 340 g/mol. The Morgan fingerprint density at radius 1 is 1.15 bits per heavy atom. The second kappa shape index (κ2) is 7.26. The standard InChI is InChI=1S/C20H24N6O/c1-25-11-7-6-10-16(14-8-4-3-5-9-14)22-20(27)24-17-12-15-13-21-26(2)18(15)19(25)23-17/h3-5,8-9,12-13,16H,6-7,10-11H2,1-2H3,(H2,22,23,24,27). The molecule has 1 unspecified atom stereocenters. The minimum Gasteiger partial charge on any atom is -0.358 e. The largest absolute Gasteiger partial charge is 0.358 e. The number of rotatable bonds is 1. The molecule has 0 radical (unpaired) electrons. The fourth-order valence-corrected chi connectivity index (χ4v) is 3.63. The van der Waals surface area contributed by atoms with Crippen molar-refractivity contribution in [2.24, 2.45) is 7.05 Å². The third kappa shape index (κ3) is 3.58. The molecule has 1 aliphatic rings. The predicted molar refractivity (Wildman–Crippen MR) is 107 cm³/mol. The molecule has 0 aliphatic carbocycles. The van der Waals surface area contributed by atoms with Crippen LogP contribution in [-0.4, -0.2) is 34.4 Å². The maximum Gasteiger partial charge on any atom is 0.320 e. The number of urea groups is 1. The summed E-state index contributed by atoms with van der Waals surface area (Å²) in [4.78, 5) is 19.4. The van der Waals surface area contributed by atoms with Crippen LogP contribution < -0.4 is 15.5 Å². The van der Waals surface area contributed by atoms with Crippen LogP contribution >= 0.6 is 0 Å². The lowest BCUT2D eigenvalue weighted by molar-refractivity contribution is 0.247. The third-order valence-corrected chi connectivity index (χ3v) is 5.04. The smallest absolute Gasteiger partial charge is 0.320 e. The number of carbonyl (C=O) groups is 1. The predicted octanol–water partition coefficient (Wildman–Crippen LogP) is 3.45. The lowest BCUT2D eigenvalue weighted by Crippen LogP contribution is -2.33. The minimum atomic E-state index is -0.242. The zero-order valence-corrected chi connectivity index (χ0v) is 15.6. The molecule has 0 saturated heterocycles. The Morgan fingerprint density at radius 2 is 1.96 bits per heavy atom. The number of nitrogens with one attached hydrogen (secondary N) is 2. The van der Waals surface area contributed by atoms with Crippen LogP contribution in [0, 0.1) is 0 Å². The van der Waals surface area contributed by atoms with Crippen LogP contribution in [0.4, 0.5) is 16.4 Å². The fourth-order valence-electron chi connectivity index (χ4n) is 3.63. The van der Waals surface area contributed by atoms with E-state index in [1.807, 2.05) is 43.0 Å². The average molecular weight is 364 g/mol. The Bertz CT molecular complexity index is 952. The molecule has 1 atom stereocenters. The van der Waals surface area contributed by atoms with Crippen molar-refractivity contribution in [2.75, 3.05) is 23.8 Å². The molecule has 0 fully saturated rings. The van der Waals surface area contributed by atoms with Gasteiger partial charge in [0.25, 0.3) is 0 Å². The molecule has 3 aromatic rings. The number of amides is 2. The van der Waals surface area contributed by atoms with Crippen molar-refractivity contribution in [1.29, 1.82) is 0 Å². The summed E-state index contributed by atoms with van der Waals surface area (Å²) in [6, 6.07) is 11.7. The van der Waals surface area contributed by atoms with Crippen molar-refractivity contribution in [1.82, 2.24) is 20.1 Å². The van der Waals surface area contributed by atoms with Crippen molar-refractivity contribution < 1.29 is 4.79 Å². The Morgan fingerprint density at radius 3 is 2.78 bits per heavy atom. The third-order valence-electron chi connectivity index (χ3n) is 5.04. The molecule has 0 spiro atoms. The van der Waals surface area contributed by atoms with Crippen LogP contribution in [0.5, 0.6) is 0 Å². The van der Waals surface area contributed by atoms with Crippen LogP contribution in [0.2, 0.25) is 0 Å². The first-order valence-corrected chi connectivity index (χ1v) is 9.28. The fraction of sp³-hybridized carbons (Fsp3) is 0.350. The number of hydrogen-bond donors (Lipinski definition) is 2. The van der Waals surface area contributed by atoms with Gasteiger partial charge in [0.1, 0.15) is 11.3 Å². The van der Waals surface area contributed by atoms with Gasteiger partial charge in [-0.1, -0.05) is 30.3 Å². The van der Waals surface area contributed by atoms with Crippen LogP contribution in [-0.2, 0) is 7.05 Å². The molecule has 2 N–H and O–H groups in total. The van der Waals surface area contributed by atoms with Gasteiger partial charge in [0.15, 0.2) is 5.82 Å². The highest BCUT2D eigenvalue weighted by atomic mass is 16.2. The van der Waals surface area contributed by atoms with Gasteiger partial charge >= 0.3 is 6.03 Å². The normalized spacial score (nSPS) is 18.4. The quantitative estimate of drug-likeness (QED) is 0.693. The van der Waals surface area contributed by atoms with Gasteiger partial charge in [0.2, 0.25) is 0 Å². The molecule has 4 rings (SSSR count). The van der Waals surface area contributed by atoms with Gasteiger partial charge < -0.3 is 10.2 Å². The van der Waals surface area contributed by atoms with Crippen LogP contribution in [0.15, 0.2) is 42.6 Å². The molecule has 2 bridgehead atoms. The van der Waals surface area contributed by atoms with Crippen molar-refractivity contribution in [2.45, 2.75) is 25.3 Å². The van der Waals surface area contributed by atoms with Crippen molar-refractivity contribution in [3.8, 4) is 0 Å². The van der Waals surface area contributed by atoms with E-state index in [-0.39, 0.29) is 12.1 Å². The van der Waals surface area contributed by atoms with E-state index < -0.39 is 0 Å². The summed E-state index contributed by atoms with van der Waals surface area (Å²) in [5.41, 5.74) is 2.09. The van der Waals surface area contributed by atoms with Crippen LogP contribution in [0.25, 0.3) is 10.9 Å². The van der Waals surface area contributed by atoms with E-state index in [1.165, 1.54) is 0 Å². The zero-order chi connectivity index (χ0) is 18.8. The van der Waals surface area contributed by atoms with Gasteiger partial charge in [0.05, 0.1) is 12.2 Å². The number of aromatic nitrogens is 3. The molecule has 3 heterocycles. The zero-order valence-electron chi connectivity index (χ0n) is 15.6. The molecule has 0 saturated carbocycles. The Labute approximate surface area is 158 Å². The summed E-state index contributed by atoms with van der Waals surface area (Å²) >= 11 is 0. The number of anilines is 2. The highest BCUT2D eigenvalue weighted by molar-refractivity contribution is 5.95. The van der Waals surface area contributed by atoms with Gasteiger partial charge in [-0.15, -0.1) is 0 Å². The van der Waals surface area contributed by atoms with Gasteiger partial charge in [-0.3, -0.25) is 10.00 Å². The maximum absolute atomic E-state index is 12.6. The number of aryl methyl sites for hydroxylation is 1. The lowest BCUT2D eigenvalue weighted by atomic mass is 10.0. The molecule has 2 aromatic heterocycles. The SMILES string of the molecule is CN1CCCCC(c2ccccc2)NC(=O)Nc2cc3cnn(C)c3c1n2. The highest BCUT2D eigenvalue weighted by Gasteiger charge is 2.19. The average Bonchev–Trinajstić information content (AvgIpc) is 3.04. The summed E-state index contributed by atoms with van der Waals surface area (Å²) in [7, 11) is 3.95. The van der Waals surface area contributed by atoms with E-state index in [2.05, 4.69) is 37.7 Å². The lowest BCUT2D eigenvalue weighted by Gasteiger charge is -2.24. The molecule has 27 heavy (non-hydrogen) atoms. The number of benzene rings is 1. The van der Waals surface area contributed by atoms with Gasteiger partial charge in [-0.05, 0) is 30.9 Å². The molecule has 7 heteroatoms. The second-order valence-electron chi connectivity index (χ2n) is 7.02. The first kappa shape index (κ1) is 17.3.